The van der Waals surface area contributed by atoms with Crippen molar-refractivity contribution in [1.29, 1.82) is 0 Å². The second-order valence-electron chi connectivity index (χ2n) is 5.42. The van der Waals surface area contributed by atoms with Crippen molar-refractivity contribution in [2.45, 2.75) is 26.2 Å². The predicted octanol–water partition coefficient (Wildman–Crippen LogP) is 3.99. The molecule has 0 fully saturated rings. The van der Waals surface area contributed by atoms with Crippen LogP contribution in [0.4, 0.5) is 0 Å². The standard InChI is InChI=1S/C18H21NO2S/c1-4-13-7-12(10-22-13)18-14-9-17(21-3)16(20-2)8-11(14)5-6-15(18)19/h7-10H,4-6,19H2,1-3H3. The van der Waals surface area contributed by atoms with Crippen LogP contribution in [-0.4, -0.2) is 14.2 Å². The highest BCUT2D eigenvalue weighted by atomic mass is 32.1. The Hall–Kier alpha value is -1.94. The van der Waals surface area contributed by atoms with Gasteiger partial charge >= 0.3 is 0 Å². The number of methoxy groups -OCH3 is 2. The smallest absolute Gasteiger partial charge is 0.161 e. The van der Waals surface area contributed by atoms with E-state index in [9.17, 15) is 0 Å². The van der Waals surface area contributed by atoms with Crippen molar-refractivity contribution in [2.75, 3.05) is 14.2 Å². The lowest BCUT2D eigenvalue weighted by atomic mass is 9.85. The second-order valence-corrected chi connectivity index (χ2v) is 6.42. The molecule has 22 heavy (non-hydrogen) atoms. The summed E-state index contributed by atoms with van der Waals surface area (Å²) in [6.07, 6.45) is 2.88. The van der Waals surface area contributed by atoms with Crippen LogP contribution in [0.1, 0.15) is 34.9 Å². The first-order valence-electron chi connectivity index (χ1n) is 7.49. The van der Waals surface area contributed by atoms with Gasteiger partial charge in [0, 0.05) is 16.1 Å². The molecule has 0 spiro atoms. The Morgan fingerprint density at radius 2 is 1.82 bits per heavy atom. The third-order valence-electron chi connectivity index (χ3n) is 4.15. The molecule has 0 saturated carbocycles. The first-order valence-corrected chi connectivity index (χ1v) is 8.37. The molecule has 1 aliphatic rings. The highest BCUT2D eigenvalue weighted by Crippen LogP contribution is 2.41. The number of thiophene rings is 1. The number of hydrogen-bond acceptors (Lipinski definition) is 4. The van der Waals surface area contributed by atoms with E-state index in [0.29, 0.717) is 0 Å². The van der Waals surface area contributed by atoms with Crippen molar-refractivity contribution in [2.24, 2.45) is 5.73 Å². The van der Waals surface area contributed by atoms with Gasteiger partial charge in [-0.25, -0.2) is 0 Å². The van der Waals surface area contributed by atoms with Crippen LogP contribution in [0.15, 0.2) is 29.3 Å². The Morgan fingerprint density at radius 3 is 2.45 bits per heavy atom. The first kappa shape index (κ1) is 15.0. The van der Waals surface area contributed by atoms with Crippen molar-refractivity contribution >= 4 is 16.9 Å². The van der Waals surface area contributed by atoms with Crippen molar-refractivity contribution < 1.29 is 9.47 Å². The van der Waals surface area contributed by atoms with Gasteiger partial charge in [0.15, 0.2) is 11.5 Å². The molecule has 0 radical (unpaired) electrons. The molecule has 0 amide bonds. The summed E-state index contributed by atoms with van der Waals surface area (Å²) in [6.45, 7) is 2.18. The Kier molecular flexibility index (Phi) is 4.12. The fraction of sp³-hybridized carbons (Fsp3) is 0.333. The van der Waals surface area contributed by atoms with E-state index in [0.717, 1.165) is 42.0 Å². The number of fused-ring (bicyclic) bond motifs is 1. The number of hydrogen-bond donors (Lipinski definition) is 1. The van der Waals surface area contributed by atoms with Gasteiger partial charge in [0.25, 0.3) is 0 Å². The van der Waals surface area contributed by atoms with E-state index in [4.69, 9.17) is 15.2 Å². The molecule has 0 saturated heterocycles. The molecule has 0 aliphatic heterocycles. The minimum Gasteiger partial charge on any atom is -0.493 e. The van der Waals surface area contributed by atoms with E-state index < -0.39 is 0 Å². The fourth-order valence-electron chi connectivity index (χ4n) is 2.97. The molecule has 116 valence electrons. The van der Waals surface area contributed by atoms with Gasteiger partial charge in [-0.1, -0.05) is 6.92 Å². The number of benzene rings is 1. The molecule has 1 aromatic heterocycles. The summed E-state index contributed by atoms with van der Waals surface area (Å²) in [4.78, 5) is 1.38. The largest absolute Gasteiger partial charge is 0.493 e. The van der Waals surface area contributed by atoms with Crippen LogP contribution in [0.5, 0.6) is 11.5 Å². The van der Waals surface area contributed by atoms with Gasteiger partial charge < -0.3 is 15.2 Å². The summed E-state index contributed by atoms with van der Waals surface area (Å²) in [5.41, 5.74) is 12.1. The summed E-state index contributed by atoms with van der Waals surface area (Å²) in [7, 11) is 3.34. The molecule has 0 atom stereocenters. The van der Waals surface area contributed by atoms with Crippen molar-refractivity contribution in [3.05, 3.63) is 50.8 Å². The average Bonchev–Trinajstić information content (AvgIpc) is 3.02. The maximum absolute atomic E-state index is 6.35. The normalized spacial score (nSPS) is 14.0. The van der Waals surface area contributed by atoms with Gasteiger partial charge in [0.1, 0.15) is 0 Å². The van der Waals surface area contributed by atoms with Crippen LogP contribution in [0.2, 0.25) is 0 Å². The molecule has 4 heteroatoms. The molecule has 1 aliphatic carbocycles. The summed E-state index contributed by atoms with van der Waals surface area (Å²) >= 11 is 1.79. The first-order chi connectivity index (χ1) is 10.7. The monoisotopic (exact) mass is 315 g/mol. The SMILES string of the molecule is CCc1cc(C2=C(N)CCc3cc(OC)c(OC)cc32)cs1. The zero-order valence-electron chi connectivity index (χ0n) is 13.2. The number of ether oxygens (including phenoxy) is 2. The van der Waals surface area contributed by atoms with Gasteiger partial charge in [0.05, 0.1) is 14.2 Å². The van der Waals surface area contributed by atoms with Crippen LogP contribution < -0.4 is 15.2 Å². The molecule has 3 nitrogen and oxygen atoms in total. The zero-order valence-corrected chi connectivity index (χ0v) is 14.0. The van der Waals surface area contributed by atoms with Crippen molar-refractivity contribution in [3.63, 3.8) is 0 Å². The van der Waals surface area contributed by atoms with Crippen LogP contribution in [-0.2, 0) is 12.8 Å². The third kappa shape index (κ3) is 2.48. The summed E-state index contributed by atoms with van der Waals surface area (Å²) in [6, 6.07) is 6.38. The highest BCUT2D eigenvalue weighted by Gasteiger charge is 2.22. The lowest BCUT2D eigenvalue weighted by Crippen LogP contribution is -2.12. The molecule has 1 heterocycles. The topological polar surface area (TPSA) is 44.5 Å². The van der Waals surface area contributed by atoms with Crippen LogP contribution in [0.25, 0.3) is 5.57 Å². The van der Waals surface area contributed by atoms with Gasteiger partial charge in [-0.3, -0.25) is 0 Å². The van der Waals surface area contributed by atoms with E-state index in [2.05, 4.69) is 30.5 Å². The van der Waals surface area contributed by atoms with Crippen LogP contribution >= 0.6 is 11.3 Å². The highest BCUT2D eigenvalue weighted by molar-refractivity contribution is 7.10. The fourth-order valence-corrected chi connectivity index (χ4v) is 3.79. The number of allylic oxidation sites excluding steroid dienone is 1. The number of aryl methyl sites for hydroxylation is 2. The number of rotatable bonds is 4. The van der Waals surface area contributed by atoms with Gasteiger partial charge in [-0.05, 0) is 59.5 Å². The minimum absolute atomic E-state index is 0.749. The predicted molar refractivity (Wildman–Crippen MR) is 91.8 cm³/mol. The average molecular weight is 315 g/mol. The van der Waals surface area contributed by atoms with Crippen molar-refractivity contribution in [1.82, 2.24) is 0 Å². The van der Waals surface area contributed by atoms with E-state index in [1.165, 1.54) is 21.6 Å². The van der Waals surface area contributed by atoms with Crippen LogP contribution in [0.3, 0.4) is 0 Å². The quantitative estimate of drug-likeness (QED) is 0.927. The van der Waals surface area contributed by atoms with Crippen molar-refractivity contribution in [3.8, 4) is 11.5 Å². The molecule has 2 N–H and O–H groups in total. The minimum atomic E-state index is 0.749. The molecule has 0 unspecified atom stereocenters. The molecular formula is C18H21NO2S. The summed E-state index contributed by atoms with van der Waals surface area (Å²) in [5.74, 6) is 1.53. The lowest BCUT2D eigenvalue weighted by Gasteiger charge is -2.23. The molecule has 0 bridgehead atoms. The van der Waals surface area contributed by atoms with E-state index >= 15 is 0 Å². The van der Waals surface area contributed by atoms with Gasteiger partial charge in [-0.2, -0.15) is 0 Å². The number of nitrogens with two attached hydrogens (primary N) is 1. The summed E-state index contributed by atoms with van der Waals surface area (Å²) < 4.78 is 10.9. The third-order valence-corrected chi connectivity index (χ3v) is 5.24. The Morgan fingerprint density at radius 1 is 1.09 bits per heavy atom. The molecule has 1 aromatic carbocycles. The maximum Gasteiger partial charge on any atom is 0.161 e. The zero-order chi connectivity index (χ0) is 15.7. The Balaban J connectivity index is 2.16. The molecule has 2 aromatic rings. The Bertz CT molecular complexity index is 731. The van der Waals surface area contributed by atoms with E-state index in [1.807, 2.05) is 0 Å². The van der Waals surface area contributed by atoms with Gasteiger partial charge in [-0.15, -0.1) is 11.3 Å². The summed E-state index contributed by atoms with van der Waals surface area (Å²) in [5, 5.41) is 2.20. The molecular weight excluding hydrogens is 294 g/mol. The second kappa shape index (κ2) is 6.05. The Labute approximate surface area is 135 Å². The lowest BCUT2D eigenvalue weighted by molar-refractivity contribution is 0.354. The maximum atomic E-state index is 6.35. The van der Waals surface area contributed by atoms with Gasteiger partial charge in [0.2, 0.25) is 0 Å². The molecule has 3 rings (SSSR count). The van der Waals surface area contributed by atoms with E-state index in [-0.39, 0.29) is 0 Å². The van der Waals surface area contributed by atoms with Crippen LogP contribution in [0, 0.1) is 0 Å². The van der Waals surface area contributed by atoms with E-state index in [1.54, 1.807) is 25.6 Å².